The third-order valence-corrected chi connectivity index (χ3v) is 6.07. The summed E-state index contributed by atoms with van der Waals surface area (Å²) >= 11 is 0. The van der Waals surface area contributed by atoms with E-state index in [1.807, 2.05) is 10.9 Å². The fourth-order valence-corrected chi connectivity index (χ4v) is 4.49. The van der Waals surface area contributed by atoms with Crippen molar-refractivity contribution in [2.75, 3.05) is 19.6 Å². The summed E-state index contributed by atoms with van der Waals surface area (Å²) in [5, 5.41) is 8.20. The molecule has 2 saturated carbocycles. The normalized spacial score (nSPS) is 29.3. The standard InChI is InChI=1S/C17H28N4/c1-20-15(6-10-19-20)7-11-21-12-16(14-4-5-14)18-13-17(21)8-2-3-9-17/h6,10,14,16,18H,2-5,7-9,11-13H2,1H3. The van der Waals surface area contributed by atoms with Gasteiger partial charge in [-0.2, -0.15) is 5.10 Å². The Morgan fingerprint density at radius 2 is 2.14 bits per heavy atom. The number of piperazine rings is 1. The molecule has 1 atom stereocenters. The minimum Gasteiger partial charge on any atom is -0.311 e. The average Bonchev–Trinajstić information content (AvgIpc) is 3.11. The van der Waals surface area contributed by atoms with Crippen LogP contribution in [0, 0.1) is 5.92 Å². The summed E-state index contributed by atoms with van der Waals surface area (Å²) in [4.78, 5) is 2.84. The van der Waals surface area contributed by atoms with E-state index in [2.05, 4.69) is 28.4 Å². The summed E-state index contributed by atoms with van der Waals surface area (Å²) < 4.78 is 2.03. The quantitative estimate of drug-likeness (QED) is 0.919. The summed E-state index contributed by atoms with van der Waals surface area (Å²) in [5.74, 6) is 0.961. The van der Waals surface area contributed by atoms with Gasteiger partial charge < -0.3 is 5.32 Å². The maximum Gasteiger partial charge on any atom is 0.0492 e. The Balaban J connectivity index is 1.46. The second kappa shape index (κ2) is 5.40. The van der Waals surface area contributed by atoms with Gasteiger partial charge in [0, 0.05) is 56.6 Å². The highest BCUT2D eigenvalue weighted by atomic mass is 15.3. The molecule has 4 rings (SSSR count). The molecule has 4 nitrogen and oxygen atoms in total. The van der Waals surface area contributed by atoms with Crippen LogP contribution in [-0.4, -0.2) is 45.9 Å². The van der Waals surface area contributed by atoms with Crippen molar-refractivity contribution in [3.05, 3.63) is 18.0 Å². The minimum atomic E-state index is 0.462. The molecule has 1 unspecified atom stereocenters. The van der Waals surface area contributed by atoms with Gasteiger partial charge in [0.05, 0.1) is 0 Å². The lowest BCUT2D eigenvalue weighted by Gasteiger charge is -2.48. The van der Waals surface area contributed by atoms with E-state index in [1.165, 1.54) is 63.9 Å². The molecule has 0 amide bonds. The maximum absolute atomic E-state index is 4.31. The fraction of sp³-hybridized carbons (Fsp3) is 0.824. The minimum absolute atomic E-state index is 0.462. The Bertz CT molecular complexity index is 485. The van der Waals surface area contributed by atoms with Crippen molar-refractivity contribution in [3.8, 4) is 0 Å². The highest BCUT2D eigenvalue weighted by molar-refractivity contribution is 5.06. The van der Waals surface area contributed by atoms with Crippen LogP contribution in [0.2, 0.25) is 0 Å². The number of rotatable bonds is 4. The topological polar surface area (TPSA) is 33.1 Å². The molecule has 2 aliphatic carbocycles. The molecule has 2 heterocycles. The fourth-order valence-electron chi connectivity index (χ4n) is 4.49. The van der Waals surface area contributed by atoms with Crippen LogP contribution >= 0.6 is 0 Å². The first kappa shape index (κ1) is 13.8. The molecule has 1 N–H and O–H groups in total. The van der Waals surface area contributed by atoms with Crippen molar-refractivity contribution in [1.82, 2.24) is 20.0 Å². The zero-order valence-electron chi connectivity index (χ0n) is 13.2. The zero-order chi connectivity index (χ0) is 14.3. The monoisotopic (exact) mass is 288 g/mol. The Kier molecular flexibility index (Phi) is 3.54. The lowest BCUT2D eigenvalue weighted by molar-refractivity contribution is 0.0390. The van der Waals surface area contributed by atoms with E-state index < -0.39 is 0 Å². The van der Waals surface area contributed by atoms with E-state index in [-0.39, 0.29) is 0 Å². The lowest BCUT2D eigenvalue weighted by atomic mass is 9.89. The summed E-state index contributed by atoms with van der Waals surface area (Å²) in [5.41, 5.74) is 1.83. The molecule has 0 bridgehead atoms. The van der Waals surface area contributed by atoms with E-state index >= 15 is 0 Å². The van der Waals surface area contributed by atoms with Crippen molar-refractivity contribution >= 4 is 0 Å². The summed E-state index contributed by atoms with van der Waals surface area (Å²) in [7, 11) is 2.06. The smallest absolute Gasteiger partial charge is 0.0492 e. The number of nitrogens with one attached hydrogen (secondary N) is 1. The van der Waals surface area contributed by atoms with Gasteiger partial charge in [0.25, 0.3) is 0 Å². The molecular formula is C17H28N4. The molecule has 4 heteroatoms. The van der Waals surface area contributed by atoms with Crippen LogP contribution in [0.3, 0.4) is 0 Å². The Morgan fingerprint density at radius 1 is 1.33 bits per heavy atom. The van der Waals surface area contributed by atoms with E-state index in [0.717, 1.165) is 18.4 Å². The average molecular weight is 288 g/mol. The third kappa shape index (κ3) is 2.64. The molecule has 1 aromatic heterocycles. The van der Waals surface area contributed by atoms with E-state index in [0.29, 0.717) is 5.54 Å². The van der Waals surface area contributed by atoms with Gasteiger partial charge in [0.2, 0.25) is 0 Å². The molecule has 116 valence electrons. The molecule has 0 aromatic carbocycles. The van der Waals surface area contributed by atoms with Gasteiger partial charge in [0.1, 0.15) is 0 Å². The Morgan fingerprint density at radius 3 is 2.81 bits per heavy atom. The zero-order valence-corrected chi connectivity index (χ0v) is 13.2. The second-order valence-corrected chi connectivity index (χ2v) is 7.40. The molecule has 21 heavy (non-hydrogen) atoms. The van der Waals surface area contributed by atoms with Crippen LogP contribution in [0.15, 0.2) is 12.3 Å². The SMILES string of the molecule is Cn1nccc1CCN1CC(C2CC2)NCC12CCCC2. The number of hydrogen-bond acceptors (Lipinski definition) is 3. The van der Waals surface area contributed by atoms with Crippen LogP contribution in [0.4, 0.5) is 0 Å². The van der Waals surface area contributed by atoms with Gasteiger partial charge in [-0.3, -0.25) is 9.58 Å². The molecule has 3 aliphatic rings. The molecule has 1 spiro atoms. The summed E-state index contributed by atoms with van der Waals surface area (Å²) in [6.07, 6.45) is 11.6. The predicted molar refractivity (Wildman–Crippen MR) is 84.2 cm³/mol. The Labute approximate surface area is 127 Å². The highest BCUT2D eigenvalue weighted by Gasteiger charge is 2.46. The maximum atomic E-state index is 4.31. The predicted octanol–water partition coefficient (Wildman–Crippen LogP) is 1.96. The number of aromatic nitrogens is 2. The van der Waals surface area contributed by atoms with Gasteiger partial charge in [0.15, 0.2) is 0 Å². The van der Waals surface area contributed by atoms with E-state index in [1.54, 1.807) is 0 Å². The van der Waals surface area contributed by atoms with Gasteiger partial charge in [-0.25, -0.2) is 0 Å². The van der Waals surface area contributed by atoms with Crippen molar-refractivity contribution in [3.63, 3.8) is 0 Å². The Hall–Kier alpha value is -0.870. The van der Waals surface area contributed by atoms with E-state index in [4.69, 9.17) is 0 Å². The first-order valence-electron chi connectivity index (χ1n) is 8.72. The number of aryl methyl sites for hydroxylation is 1. The van der Waals surface area contributed by atoms with Crippen molar-refractivity contribution < 1.29 is 0 Å². The van der Waals surface area contributed by atoms with Gasteiger partial charge >= 0.3 is 0 Å². The van der Waals surface area contributed by atoms with Gasteiger partial charge in [-0.1, -0.05) is 12.8 Å². The van der Waals surface area contributed by atoms with Gasteiger partial charge in [-0.05, 0) is 37.7 Å². The molecule has 1 aliphatic heterocycles. The molecule has 0 radical (unpaired) electrons. The molecule has 1 aromatic rings. The lowest BCUT2D eigenvalue weighted by Crippen LogP contribution is -2.64. The summed E-state index contributed by atoms with van der Waals surface area (Å²) in [6.45, 7) is 3.69. The third-order valence-electron chi connectivity index (χ3n) is 6.07. The largest absolute Gasteiger partial charge is 0.311 e. The van der Waals surface area contributed by atoms with Crippen LogP contribution in [-0.2, 0) is 13.5 Å². The molecule has 3 fully saturated rings. The molecular weight excluding hydrogens is 260 g/mol. The summed E-state index contributed by atoms with van der Waals surface area (Å²) in [6, 6.07) is 2.92. The van der Waals surface area contributed by atoms with Crippen LogP contribution in [0.1, 0.15) is 44.2 Å². The first-order valence-corrected chi connectivity index (χ1v) is 8.72. The van der Waals surface area contributed by atoms with Gasteiger partial charge in [-0.15, -0.1) is 0 Å². The highest BCUT2D eigenvalue weighted by Crippen LogP contribution is 2.41. The number of nitrogens with zero attached hydrogens (tertiary/aromatic N) is 3. The van der Waals surface area contributed by atoms with E-state index in [9.17, 15) is 0 Å². The van der Waals surface area contributed by atoms with Crippen molar-refractivity contribution in [1.29, 1.82) is 0 Å². The van der Waals surface area contributed by atoms with Crippen LogP contribution in [0.25, 0.3) is 0 Å². The van der Waals surface area contributed by atoms with Crippen molar-refractivity contribution in [2.45, 2.75) is 56.5 Å². The first-order chi connectivity index (χ1) is 10.3. The van der Waals surface area contributed by atoms with Crippen LogP contribution in [0.5, 0.6) is 0 Å². The second-order valence-electron chi connectivity index (χ2n) is 7.40. The van der Waals surface area contributed by atoms with Crippen molar-refractivity contribution in [2.24, 2.45) is 13.0 Å². The number of hydrogen-bond donors (Lipinski definition) is 1. The molecule has 1 saturated heterocycles. The van der Waals surface area contributed by atoms with Crippen LogP contribution < -0.4 is 5.32 Å².